The van der Waals surface area contributed by atoms with Crippen LogP contribution >= 0.6 is 34.9 Å². The van der Waals surface area contributed by atoms with Gasteiger partial charge in [0, 0.05) is 12.3 Å². The maximum Gasteiger partial charge on any atom is 0.170 e. The number of hydrogen-bond donors (Lipinski definition) is 1. The van der Waals surface area contributed by atoms with E-state index in [1.54, 1.807) is 11.8 Å². The molecule has 1 aromatic carbocycles. The van der Waals surface area contributed by atoms with Crippen molar-refractivity contribution in [2.75, 3.05) is 17.6 Å². The molecule has 1 aromatic heterocycles. The Balaban J connectivity index is 1.75. The Morgan fingerprint density at radius 2 is 2.24 bits per heavy atom. The molecule has 0 aliphatic carbocycles. The summed E-state index contributed by atoms with van der Waals surface area (Å²) in [6.07, 6.45) is 0. The van der Waals surface area contributed by atoms with Gasteiger partial charge < -0.3 is 5.32 Å². The minimum absolute atomic E-state index is 0.754. The summed E-state index contributed by atoms with van der Waals surface area (Å²) < 4.78 is 5.15. The van der Waals surface area contributed by atoms with Crippen molar-refractivity contribution in [3.63, 3.8) is 0 Å². The van der Waals surface area contributed by atoms with E-state index in [-0.39, 0.29) is 0 Å². The number of benzene rings is 1. The van der Waals surface area contributed by atoms with Crippen molar-refractivity contribution >= 4 is 40.6 Å². The van der Waals surface area contributed by atoms with E-state index in [1.807, 2.05) is 31.2 Å². The first kappa shape index (κ1) is 12.7. The van der Waals surface area contributed by atoms with E-state index in [4.69, 9.17) is 11.6 Å². The van der Waals surface area contributed by atoms with Crippen LogP contribution < -0.4 is 5.32 Å². The summed E-state index contributed by atoms with van der Waals surface area (Å²) in [4.78, 5) is 4.29. The Morgan fingerprint density at radius 3 is 2.94 bits per heavy atom. The van der Waals surface area contributed by atoms with Crippen molar-refractivity contribution in [3.05, 3.63) is 35.1 Å². The predicted molar refractivity (Wildman–Crippen MR) is 75.3 cm³/mol. The Kier molecular flexibility index (Phi) is 4.65. The van der Waals surface area contributed by atoms with Gasteiger partial charge in [0.15, 0.2) is 4.34 Å². The van der Waals surface area contributed by atoms with E-state index >= 15 is 0 Å². The Morgan fingerprint density at radius 1 is 1.41 bits per heavy atom. The van der Waals surface area contributed by atoms with E-state index in [2.05, 4.69) is 14.7 Å². The number of aromatic nitrogens is 2. The summed E-state index contributed by atoms with van der Waals surface area (Å²) in [5.74, 6) is 1.79. The van der Waals surface area contributed by atoms with Gasteiger partial charge in [0.05, 0.1) is 10.7 Å². The van der Waals surface area contributed by atoms with Crippen LogP contribution in [-0.4, -0.2) is 21.7 Å². The van der Waals surface area contributed by atoms with Crippen molar-refractivity contribution in [3.8, 4) is 0 Å². The highest BCUT2D eigenvalue weighted by Gasteiger charge is 2.01. The second kappa shape index (κ2) is 6.23. The van der Waals surface area contributed by atoms with E-state index in [9.17, 15) is 0 Å². The molecule has 0 aliphatic rings. The molecule has 0 saturated carbocycles. The Hall–Kier alpha value is -0.780. The second-order valence-corrected chi connectivity index (χ2v) is 5.86. The standard InChI is InChI=1S/C11H12ClN3S2/c1-8-14-11(17-15-8)16-7-6-13-10-5-3-2-4-9(10)12/h2-5,13H,6-7H2,1H3. The topological polar surface area (TPSA) is 37.8 Å². The molecule has 1 N–H and O–H groups in total. The highest BCUT2D eigenvalue weighted by atomic mass is 35.5. The van der Waals surface area contributed by atoms with Crippen molar-refractivity contribution in [2.24, 2.45) is 0 Å². The van der Waals surface area contributed by atoms with Gasteiger partial charge in [-0.2, -0.15) is 4.37 Å². The number of hydrogen-bond acceptors (Lipinski definition) is 5. The van der Waals surface area contributed by atoms with Crippen molar-refractivity contribution in [1.29, 1.82) is 0 Å². The molecular weight excluding hydrogens is 274 g/mol. The van der Waals surface area contributed by atoms with E-state index in [1.165, 1.54) is 11.5 Å². The molecule has 90 valence electrons. The van der Waals surface area contributed by atoms with Gasteiger partial charge in [-0.3, -0.25) is 0 Å². The van der Waals surface area contributed by atoms with Crippen LogP contribution in [-0.2, 0) is 0 Å². The molecule has 0 spiro atoms. The van der Waals surface area contributed by atoms with Gasteiger partial charge in [-0.25, -0.2) is 4.98 Å². The van der Waals surface area contributed by atoms with Crippen LogP contribution in [0.4, 0.5) is 5.69 Å². The molecule has 0 amide bonds. The van der Waals surface area contributed by atoms with Gasteiger partial charge in [0.2, 0.25) is 0 Å². The van der Waals surface area contributed by atoms with Crippen molar-refractivity contribution < 1.29 is 0 Å². The molecule has 3 nitrogen and oxygen atoms in total. The molecule has 0 atom stereocenters. The normalized spacial score (nSPS) is 10.5. The summed E-state index contributed by atoms with van der Waals surface area (Å²) in [5.41, 5.74) is 0.975. The Labute approximate surface area is 114 Å². The van der Waals surface area contributed by atoms with Crippen LogP contribution in [0, 0.1) is 6.92 Å². The highest BCUT2D eigenvalue weighted by molar-refractivity contribution is 8.00. The summed E-state index contributed by atoms with van der Waals surface area (Å²) in [5, 5.41) is 4.05. The first-order valence-corrected chi connectivity index (χ1v) is 7.31. The molecule has 2 rings (SSSR count). The number of para-hydroxylation sites is 1. The molecule has 0 saturated heterocycles. The lowest BCUT2D eigenvalue weighted by Gasteiger charge is -2.06. The fraction of sp³-hybridized carbons (Fsp3) is 0.273. The summed E-state index contributed by atoms with van der Waals surface area (Å²) >= 11 is 9.19. The molecule has 17 heavy (non-hydrogen) atoms. The Bertz CT molecular complexity index is 487. The third-order valence-corrected chi connectivity index (χ3v) is 4.28. The lowest BCUT2D eigenvalue weighted by atomic mass is 10.3. The second-order valence-electron chi connectivity index (χ2n) is 3.36. The maximum absolute atomic E-state index is 6.03. The number of anilines is 1. The van der Waals surface area contributed by atoms with Crippen LogP contribution in [0.5, 0.6) is 0 Å². The average molecular weight is 286 g/mol. The first-order chi connectivity index (χ1) is 8.25. The van der Waals surface area contributed by atoms with Gasteiger partial charge in [-0.1, -0.05) is 35.5 Å². The minimum atomic E-state index is 0.754. The highest BCUT2D eigenvalue weighted by Crippen LogP contribution is 2.22. The molecule has 0 fully saturated rings. The molecule has 2 aromatic rings. The van der Waals surface area contributed by atoms with E-state index in [0.29, 0.717) is 0 Å². The number of nitrogens with one attached hydrogen (secondary N) is 1. The fourth-order valence-corrected chi connectivity index (χ4v) is 3.04. The first-order valence-electron chi connectivity index (χ1n) is 5.17. The predicted octanol–water partition coefficient (Wildman–Crippen LogP) is 3.70. The van der Waals surface area contributed by atoms with Gasteiger partial charge in [-0.05, 0) is 30.6 Å². The molecule has 0 bridgehead atoms. The lowest BCUT2D eigenvalue weighted by molar-refractivity contribution is 1.10. The molecule has 6 heteroatoms. The van der Waals surface area contributed by atoms with Gasteiger partial charge in [0.25, 0.3) is 0 Å². The van der Waals surface area contributed by atoms with Crippen LogP contribution in [0.25, 0.3) is 0 Å². The third-order valence-electron chi connectivity index (χ3n) is 2.03. The van der Waals surface area contributed by atoms with Crippen molar-refractivity contribution in [2.45, 2.75) is 11.3 Å². The maximum atomic E-state index is 6.03. The third kappa shape index (κ3) is 3.87. The summed E-state index contributed by atoms with van der Waals surface area (Å²) in [6.45, 7) is 2.76. The SMILES string of the molecule is Cc1nsc(SCCNc2ccccc2Cl)n1. The zero-order valence-corrected chi connectivity index (χ0v) is 11.7. The van der Waals surface area contributed by atoms with Crippen molar-refractivity contribution in [1.82, 2.24) is 9.36 Å². The largest absolute Gasteiger partial charge is 0.383 e. The monoisotopic (exact) mass is 285 g/mol. The van der Waals surface area contributed by atoms with Gasteiger partial charge >= 0.3 is 0 Å². The van der Waals surface area contributed by atoms with E-state index < -0.39 is 0 Å². The smallest absolute Gasteiger partial charge is 0.170 e. The molecule has 0 aliphatic heterocycles. The summed E-state index contributed by atoms with van der Waals surface area (Å²) in [6, 6.07) is 7.75. The average Bonchev–Trinajstić information content (AvgIpc) is 2.73. The molecule has 1 heterocycles. The van der Waals surface area contributed by atoms with Crippen LogP contribution in [0.3, 0.4) is 0 Å². The van der Waals surface area contributed by atoms with Crippen LogP contribution in [0.2, 0.25) is 5.02 Å². The van der Waals surface area contributed by atoms with E-state index in [0.717, 1.165) is 33.2 Å². The minimum Gasteiger partial charge on any atom is -0.383 e. The summed E-state index contributed by atoms with van der Waals surface area (Å²) in [7, 11) is 0. The number of nitrogens with zero attached hydrogens (tertiary/aromatic N) is 2. The number of rotatable bonds is 5. The fourth-order valence-electron chi connectivity index (χ4n) is 1.27. The number of thioether (sulfide) groups is 1. The molecule has 0 radical (unpaired) electrons. The van der Waals surface area contributed by atoms with Crippen LogP contribution in [0.15, 0.2) is 28.6 Å². The zero-order chi connectivity index (χ0) is 12.1. The van der Waals surface area contributed by atoms with Gasteiger partial charge in [0.1, 0.15) is 5.82 Å². The van der Waals surface area contributed by atoms with Crippen LogP contribution in [0.1, 0.15) is 5.82 Å². The van der Waals surface area contributed by atoms with Gasteiger partial charge in [-0.15, -0.1) is 0 Å². The number of aryl methyl sites for hydroxylation is 1. The molecular formula is C11H12ClN3S2. The molecule has 0 unspecified atom stereocenters. The quantitative estimate of drug-likeness (QED) is 0.671. The lowest BCUT2D eigenvalue weighted by Crippen LogP contribution is -2.04. The number of halogens is 1. The zero-order valence-electron chi connectivity index (χ0n) is 9.31.